The summed E-state index contributed by atoms with van der Waals surface area (Å²) in [7, 11) is 1.37. The monoisotopic (exact) mass is 277 g/mol. The number of halogens is 1. The summed E-state index contributed by atoms with van der Waals surface area (Å²) in [6.45, 7) is 2.00. The number of thiophene rings is 1. The number of ether oxygens (including phenoxy) is 1. The molecule has 0 saturated carbocycles. The van der Waals surface area contributed by atoms with Crippen LogP contribution in [0.5, 0.6) is 0 Å². The molecule has 1 atom stereocenters. The van der Waals surface area contributed by atoms with Crippen molar-refractivity contribution in [1.82, 2.24) is 0 Å². The van der Waals surface area contributed by atoms with Crippen LogP contribution >= 0.6 is 27.3 Å². The van der Waals surface area contributed by atoms with Crippen LogP contribution in [0.1, 0.15) is 22.2 Å². The van der Waals surface area contributed by atoms with E-state index in [9.17, 15) is 4.79 Å². The quantitative estimate of drug-likeness (QED) is 0.864. The maximum atomic E-state index is 11.0. The van der Waals surface area contributed by atoms with Crippen molar-refractivity contribution in [3.63, 3.8) is 0 Å². The highest BCUT2D eigenvalue weighted by atomic mass is 79.9. The number of carbonyl (C=O) groups is 1. The SMILES string of the molecule is COC(=O)C[C@@H](N)c1cc(Br)c(C)s1. The highest BCUT2D eigenvalue weighted by Gasteiger charge is 2.14. The highest BCUT2D eigenvalue weighted by molar-refractivity contribution is 9.10. The maximum absolute atomic E-state index is 11.0. The summed E-state index contributed by atoms with van der Waals surface area (Å²) in [6, 6.07) is 1.69. The maximum Gasteiger partial charge on any atom is 0.307 e. The van der Waals surface area contributed by atoms with E-state index < -0.39 is 0 Å². The molecule has 0 radical (unpaired) electrons. The van der Waals surface area contributed by atoms with Crippen LogP contribution in [0.15, 0.2) is 10.5 Å². The van der Waals surface area contributed by atoms with Crippen molar-refractivity contribution in [1.29, 1.82) is 0 Å². The number of hydrogen-bond donors (Lipinski definition) is 1. The van der Waals surface area contributed by atoms with Gasteiger partial charge in [0, 0.05) is 20.3 Å². The lowest BCUT2D eigenvalue weighted by Crippen LogP contribution is -2.15. The van der Waals surface area contributed by atoms with Crippen LogP contribution in [0.2, 0.25) is 0 Å². The first-order chi connectivity index (χ1) is 6.54. The normalized spacial score (nSPS) is 12.6. The topological polar surface area (TPSA) is 52.3 Å². The van der Waals surface area contributed by atoms with E-state index in [-0.39, 0.29) is 18.4 Å². The third-order valence-corrected chi connectivity index (χ3v) is 4.12. The Balaban J connectivity index is 2.69. The molecule has 0 aliphatic rings. The number of carbonyl (C=O) groups excluding carboxylic acids is 1. The Kier molecular flexibility index (Phi) is 4.10. The van der Waals surface area contributed by atoms with E-state index in [2.05, 4.69) is 20.7 Å². The molecule has 2 N–H and O–H groups in total. The van der Waals surface area contributed by atoms with Crippen LogP contribution in [0, 0.1) is 6.92 Å². The Hall–Kier alpha value is -0.390. The first-order valence-electron chi connectivity index (χ1n) is 4.12. The molecule has 1 rings (SSSR count). The average Bonchev–Trinajstić information content (AvgIpc) is 2.47. The summed E-state index contributed by atoms with van der Waals surface area (Å²) >= 11 is 5.00. The Bertz CT molecular complexity index is 318. The Morgan fingerprint density at radius 1 is 1.79 bits per heavy atom. The van der Waals surface area contributed by atoms with Crippen molar-refractivity contribution >= 4 is 33.2 Å². The van der Waals surface area contributed by atoms with Crippen LogP contribution in [0.4, 0.5) is 0 Å². The lowest BCUT2D eigenvalue weighted by molar-refractivity contribution is -0.141. The van der Waals surface area contributed by atoms with Gasteiger partial charge in [-0.05, 0) is 28.9 Å². The second kappa shape index (κ2) is 4.91. The van der Waals surface area contributed by atoms with Crippen molar-refractivity contribution in [3.8, 4) is 0 Å². The molecule has 0 amide bonds. The molecule has 78 valence electrons. The number of esters is 1. The van der Waals surface area contributed by atoms with Gasteiger partial charge in [-0.25, -0.2) is 0 Å². The van der Waals surface area contributed by atoms with Crippen LogP contribution in [-0.2, 0) is 9.53 Å². The Morgan fingerprint density at radius 2 is 2.43 bits per heavy atom. The van der Waals surface area contributed by atoms with Gasteiger partial charge in [0.05, 0.1) is 13.5 Å². The largest absolute Gasteiger partial charge is 0.469 e. The van der Waals surface area contributed by atoms with Gasteiger partial charge in [0.2, 0.25) is 0 Å². The van der Waals surface area contributed by atoms with E-state index in [1.807, 2.05) is 13.0 Å². The van der Waals surface area contributed by atoms with Crippen LogP contribution in [0.25, 0.3) is 0 Å². The van der Waals surface area contributed by atoms with E-state index in [1.165, 1.54) is 12.0 Å². The zero-order chi connectivity index (χ0) is 10.7. The molecule has 5 heteroatoms. The summed E-state index contributed by atoms with van der Waals surface area (Å²) in [5.74, 6) is -0.278. The lowest BCUT2D eigenvalue weighted by Gasteiger charge is -2.06. The van der Waals surface area contributed by atoms with Crippen molar-refractivity contribution in [2.45, 2.75) is 19.4 Å². The minimum Gasteiger partial charge on any atom is -0.469 e. The van der Waals surface area contributed by atoms with Gasteiger partial charge in [0.15, 0.2) is 0 Å². The molecule has 14 heavy (non-hydrogen) atoms. The van der Waals surface area contributed by atoms with E-state index >= 15 is 0 Å². The first-order valence-corrected chi connectivity index (χ1v) is 5.73. The molecule has 1 heterocycles. The molecule has 0 bridgehead atoms. The zero-order valence-electron chi connectivity index (χ0n) is 8.04. The Labute approximate surface area is 95.4 Å². The number of methoxy groups -OCH3 is 1. The van der Waals surface area contributed by atoms with E-state index in [1.54, 1.807) is 11.3 Å². The van der Waals surface area contributed by atoms with Gasteiger partial charge in [0.1, 0.15) is 0 Å². The van der Waals surface area contributed by atoms with Gasteiger partial charge in [-0.15, -0.1) is 11.3 Å². The van der Waals surface area contributed by atoms with Gasteiger partial charge in [-0.3, -0.25) is 4.79 Å². The lowest BCUT2D eigenvalue weighted by atomic mass is 10.2. The molecule has 0 aromatic carbocycles. The van der Waals surface area contributed by atoms with Crippen molar-refractivity contribution < 1.29 is 9.53 Å². The fourth-order valence-corrected chi connectivity index (χ4v) is 2.59. The summed E-state index contributed by atoms with van der Waals surface area (Å²) in [6.07, 6.45) is 0.225. The van der Waals surface area contributed by atoms with Crippen molar-refractivity contribution in [2.75, 3.05) is 7.11 Å². The van der Waals surface area contributed by atoms with Gasteiger partial charge >= 0.3 is 5.97 Å². The van der Waals surface area contributed by atoms with Crippen molar-refractivity contribution in [3.05, 3.63) is 20.3 Å². The number of hydrogen-bond acceptors (Lipinski definition) is 4. The molecular formula is C9H12BrNO2S. The summed E-state index contributed by atoms with van der Waals surface area (Å²) in [4.78, 5) is 13.1. The smallest absolute Gasteiger partial charge is 0.307 e. The molecule has 1 aromatic rings. The second-order valence-electron chi connectivity index (χ2n) is 2.94. The van der Waals surface area contributed by atoms with E-state index in [4.69, 9.17) is 5.73 Å². The van der Waals surface area contributed by atoms with Gasteiger partial charge in [-0.1, -0.05) is 0 Å². The molecule has 0 saturated heterocycles. The molecule has 0 aliphatic carbocycles. The minimum atomic E-state index is -0.278. The zero-order valence-corrected chi connectivity index (χ0v) is 10.4. The molecule has 0 aliphatic heterocycles. The predicted molar refractivity (Wildman–Crippen MR) is 60.3 cm³/mol. The van der Waals surface area contributed by atoms with E-state index in [0.717, 1.165) is 9.35 Å². The molecule has 0 unspecified atom stereocenters. The molecule has 3 nitrogen and oxygen atoms in total. The highest BCUT2D eigenvalue weighted by Crippen LogP contribution is 2.30. The van der Waals surface area contributed by atoms with Crippen LogP contribution in [0.3, 0.4) is 0 Å². The van der Waals surface area contributed by atoms with Crippen molar-refractivity contribution in [2.24, 2.45) is 5.73 Å². The standard InChI is InChI=1S/C9H12BrNO2S/c1-5-6(10)3-8(14-5)7(11)4-9(12)13-2/h3,7H,4,11H2,1-2H3/t7-/m1/s1. The van der Waals surface area contributed by atoms with Gasteiger partial charge in [0.25, 0.3) is 0 Å². The number of aryl methyl sites for hydroxylation is 1. The summed E-state index contributed by atoms with van der Waals surface area (Å²) in [5, 5.41) is 0. The first kappa shape index (κ1) is 11.7. The average molecular weight is 278 g/mol. The molecule has 1 aromatic heterocycles. The van der Waals surface area contributed by atoms with Crippen LogP contribution < -0.4 is 5.73 Å². The number of nitrogens with two attached hydrogens (primary N) is 1. The second-order valence-corrected chi connectivity index (χ2v) is 5.08. The van der Waals surface area contributed by atoms with E-state index in [0.29, 0.717) is 0 Å². The predicted octanol–water partition coefficient (Wildman–Crippen LogP) is 2.38. The summed E-state index contributed by atoms with van der Waals surface area (Å²) in [5.41, 5.74) is 5.84. The summed E-state index contributed by atoms with van der Waals surface area (Å²) < 4.78 is 5.59. The fraction of sp³-hybridized carbons (Fsp3) is 0.444. The fourth-order valence-electron chi connectivity index (χ4n) is 1.03. The third-order valence-electron chi connectivity index (χ3n) is 1.86. The van der Waals surface area contributed by atoms with Gasteiger partial charge in [-0.2, -0.15) is 0 Å². The third kappa shape index (κ3) is 2.80. The molecular weight excluding hydrogens is 266 g/mol. The molecule has 0 spiro atoms. The van der Waals surface area contributed by atoms with Crippen LogP contribution in [-0.4, -0.2) is 13.1 Å². The minimum absolute atomic E-state index is 0.225. The van der Waals surface area contributed by atoms with Gasteiger partial charge < -0.3 is 10.5 Å². The molecule has 0 fully saturated rings. The Morgan fingerprint density at radius 3 is 2.86 bits per heavy atom. The number of rotatable bonds is 3.